The quantitative estimate of drug-likeness (QED) is 0.552. The first kappa shape index (κ1) is 6.14. The van der Waals surface area contributed by atoms with Crippen LogP contribution in [-0.2, 0) is 0 Å². The Morgan fingerprint density at radius 1 is 1.30 bits per heavy atom. The first-order valence-electron chi connectivity index (χ1n) is 3.21. The zero-order valence-corrected chi connectivity index (χ0v) is 7.16. The molecule has 10 heavy (non-hydrogen) atoms. The van der Waals surface area contributed by atoms with Crippen LogP contribution in [0.1, 0.15) is 0 Å². The van der Waals surface area contributed by atoms with Crippen molar-refractivity contribution in [1.82, 2.24) is 0 Å². The van der Waals surface area contributed by atoms with E-state index in [9.17, 15) is 0 Å². The number of hydrogen-bond acceptors (Lipinski definition) is 1. The second-order valence-corrected chi connectivity index (χ2v) is 4.32. The van der Waals surface area contributed by atoms with Crippen LogP contribution >= 0.6 is 0 Å². The summed E-state index contributed by atoms with van der Waals surface area (Å²) in [6, 6.07) is 8.37. The van der Waals surface area contributed by atoms with Crippen LogP contribution in [0.15, 0.2) is 29.3 Å². The van der Waals surface area contributed by atoms with Crippen molar-refractivity contribution in [2.75, 3.05) is 0 Å². The van der Waals surface area contributed by atoms with E-state index in [4.69, 9.17) is 0 Å². The fraction of sp³-hybridized carbons (Fsp3) is 0.125. The summed E-state index contributed by atoms with van der Waals surface area (Å²) >= 11 is 0.637. The molecule has 0 N–H and O–H groups in total. The molecule has 1 aromatic rings. The van der Waals surface area contributed by atoms with Crippen molar-refractivity contribution in [2.45, 2.75) is 5.32 Å². The molecule has 50 valence electrons. The van der Waals surface area contributed by atoms with Crippen molar-refractivity contribution in [3.05, 3.63) is 24.3 Å². The van der Waals surface area contributed by atoms with Crippen LogP contribution in [-0.4, -0.2) is 21.2 Å². The van der Waals surface area contributed by atoms with Gasteiger partial charge in [0.15, 0.2) is 0 Å². The van der Waals surface area contributed by atoms with Gasteiger partial charge in [0, 0.05) is 0 Å². The number of benzene rings is 1. The molecule has 2 heteroatoms. The van der Waals surface area contributed by atoms with E-state index in [0.717, 1.165) is 5.32 Å². The van der Waals surface area contributed by atoms with Gasteiger partial charge in [-0.3, -0.25) is 0 Å². The summed E-state index contributed by atoms with van der Waals surface area (Å²) in [6.45, 7) is 0. The second kappa shape index (κ2) is 2.57. The Labute approximate surface area is 66.3 Å². The van der Waals surface area contributed by atoms with Crippen molar-refractivity contribution in [3.8, 4) is 0 Å². The average molecular weight is 196 g/mol. The van der Waals surface area contributed by atoms with Crippen molar-refractivity contribution < 1.29 is 0 Å². The van der Waals surface area contributed by atoms with Gasteiger partial charge in [0.2, 0.25) is 0 Å². The molecular formula is C8H7NSe. The van der Waals surface area contributed by atoms with Gasteiger partial charge in [-0.2, -0.15) is 0 Å². The number of rotatable bonds is 0. The standard InChI is InChI=1S/C8H7NSe/c1-2-4-8-7(3-1)9-5-6-10-8/h1-5H,6H2. The van der Waals surface area contributed by atoms with Crippen LogP contribution in [0.5, 0.6) is 0 Å². The molecule has 0 unspecified atom stereocenters. The molecule has 2 rings (SSSR count). The van der Waals surface area contributed by atoms with Gasteiger partial charge in [-0.15, -0.1) is 0 Å². The summed E-state index contributed by atoms with van der Waals surface area (Å²) in [5.74, 6) is 0. The van der Waals surface area contributed by atoms with E-state index < -0.39 is 0 Å². The molecule has 0 aromatic heterocycles. The zero-order chi connectivity index (χ0) is 6.81. The molecule has 1 aromatic carbocycles. The van der Waals surface area contributed by atoms with Crippen LogP contribution in [0.3, 0.4) is 0 Å². The van der Waals surface area contributed by atoms with E-state index in [2.05, 4.69) is 23.2 Å². The molecule has 0 amide bonds. The topological polar surface area (TPSA) is 12.4 Å². The Balaban J connectivity index is 2.54. The van der Waals surface area contributed by atoms with Crippen LogP contribution in [0.2, 0.25) is 5.32 Å². The predicted molar refractivity (Wildman–Crippen MR) is 44.8 cm³/mol. The molecule has 0 atom stereocenters. The average Bonchev–Trinajstić information content (AvgIpc) is 2.05. The number of aliphatic imine (C=N–C) groups is 1. The van der Waals surface area contributed by atoms with Gasteiger partial charge in [0.05, 0.1) is 0 Å². The van der Waals surface area contributed by atoms with Crippen LogP contribution < -0.4 is 4.46 Å². The minimum atomic E-state index is 0.637. The molecule has 1 aliphatic heterocycles. The van der Waals surface area contributed by atoms with Gasteiger partial charge in [-0.25, -0.2) is 0 Å². The third-order valence-corrected chi connectivity index (χ3v) is 3.45. The number of fused-ring (bicyclic) bond motifs is 1. The van der Waals surface area contributed by atoms with Crippen molar-refractivity contribution >= 4 is 31.3 Å². The molecule has 1 heterocycles. The van der Waals surface area contributed by atoms with Crippen molar-refractivity contribution in [3.63, 3.8) is 0 Å². The van der Waals surface area contributed by atoms with Gasteiger partial charge in [-0.05, 0) is 0 Å². The van der Waals surface area contributed by atoms with Crippen molar-refractivity contribution in [1.29, 1.82) is 0 Å². The summed E-state index contributed by atoms with van der Waals surface area (Å²) in [5, 5.41) is 1.16. The molecule has 0 bridgehead atoms. The van der Waals surface area contributed by atoms with Gasteiger partial charge >= 0.3 is 65.9 Å². The summed E-state index contributed by atoms with van der Waals surface area (Å²) < 4.78 is 1.44. The maximum atomic E-state index is 4.28. The van der Waals surface area contributed by atoms with Crippen LogP contribution in [0, 0.1) is 0 Å². The zero-order valence-electron chi connectivity index (χ0n) is 5.45. The summed E-state index contributed by atoms with van der Waals surface area (Å²) in [7, 11) is 0. The Kier molecular flexibility index (Phi) is 1.58. The van der Waals surface area contributed by atoms with Crippen molar-refractivity contribution in [2.24, 2.45) is 4.99 Å². The molecule has 0 saturated carbocycles. The van der Waals surface area contributed by atoms with E-state index in [-0.39, 0.29) is 0 Å². The number of hydrogen-bond donors (Lipinski definition) is 0. The van der Waals surface area contributed by atoms with Gasteiger partial charge in [-0.1, -0.05) is 0 Å². The molecule has 0 radical (unpaired) electrons. The number of nitrogens with zero attached hydrogens (tertiary/aromatic N) is 1. The second-order valence-electron chi connectivity index (χ2n) is 2.09. The Morgan fingerprint density at radius 2 is 2.20 bits per heavy atom. The summed E-state index contributed by atoms with van der Waals surface area (Å²) in [6.07, 6.45) is 2.02. The SMILES string of the molecule is C1=Nc2ccccc2[Se]C1. The van der Waals surface area contributed by atoms with Crippen LogP contribution in [0.4, 0.5) is 5.69 Å². The van der Waals surface area contributed by atoms with E-state index in [1.165, 1.54) is 10.1 Å². The summed E-state index contributed by atoms with van der Waals surface area (Å²) in [4.78, 5) is 4.28. The normalized spacial score (nSPS) is 14.8. The molecule has 0 aliphatic carbocycles. The molecular weight excluding hydrogens is 189 g/mol. The fourth-order valence-electron chi connectivity index (χ4n) is 0.949. The molecule has 0 fully saturated rings. The third-order valence-electron chi connectivity index (χ3n) is 1.41. The van der Waals surface area contributed by atoms with Gasteiger partial charge < -0.3 is 0 Å². The number of para-hydroxylation sites is 1. The monoisotopic (exact) mass is 197 g/mol. The first-order chi connectivity index (χ1) is 4.97. The molecule has 0 saturated heterocycles. The molecule has 1 aliphatic rings. The first-order valence-corrected chi connectivity index (χ1v) is 5.28. The van der Waals surface area contributed by atoms with Gasteiger partial charge in [0.25, 0.3) is 0 Å². The minimum absolute atomic E-state index is 0.637. The molecule has 1 nitrogen and oxygen atoms in total. The Morgan fingerprint density at radius 3 is 3.10 bits per heavy atom. The Hall–Kier alpha value is -0.591. The van der Waals surface area contributed by atoms with E-state index in [1.807, 2.05) is 12.3 Å². The van der Waals surface area contributed by atoms with E-state index in [1.54, 1.807) is 0 Å². The maximum absolute atomic E-state index is 4.28. The van der Waals surface area contributed by atoms with Crippen LogP contribution in [0.25, 0.3) is 0 Å². The third kappa shape index (κ3) is 1.00. The fourth-order valence-corrected chi connectivity index (χ4v) is 2.57. The predicted octanol–water partition coefficient (Wildman–Crippen LogP) is 1.15. The van der Waals surface area contributed by atoms with E-state index in [0.29, 0.717) is 15.0 Å². The molecule has 0 spiro atoms. The van der Waals surface area contributed by atoms with E-state index >= 15 is 0 Å². The Bertz CT molecular complexity index is 268. The van der Waals surface area contributed by atoms with Gasteiger partial charge in [0.1, 0.15) is 0 Å². The summed E-state index contributed by atoms with van der Waals surface area (Å²) in [5.41, 5.74) is 1.17.